The molecule has 0 bridgehead atoms. The molecule has 1 aromatic heterocycles. The molecule has 1 aliphatic rings. The number of hydrogen-bond donors (Lipinski definition) is 0. The van der Waals surface area contributed by atoms with Gasteiger partial charge in [0.25, 0.3) is 5.91 Å². The van der Waals surface area contributed by atoms with Gasteiger partial charge in [0.05, 0.1) is 35.8 Å². The maximum Gasteiger partial charge on any atom is 0.416 e. The number of methoxy groups -OCH3 is 1. The molecular formula is C23H19F4N3O2. The van der Waals surface area contributed by atoms with E-state index in [4.69, 9.17) is 4.74 Å². The number of halogens is 4. The first-order chi connectivity index (χ1) is 15.1. The third kappa shape index (κ3) is 3.74. The molecule has 2 heterocycles. The van der Waals surface area contributed by atoms with Gasteiger partial charge in [0.15, 0.2) is 0 Å². The molecular weight excluding hydrogens is 426 g/mol. The Labute approximate surface area is 181 Å². The summed E-state index contributed by atoms with van der Waals surface area (Å²) in [6.07, 6.45) is -3.11. The summed E-state index contributed by atoms with van der Waals surface area (Å²) < 4.78 is 59.0. The summed E-state index contributed by atoms with van der Waals surface area (Å²) in [6, 6.07) is 8.73. The minimum absolute atomic E-state index is 0.0763. The lowest BCUT2D eigenvalue weighted by atomic mass is 10.0. The van der Waals surface area contributed by atoms with Crippen LogP contribution in [0, 0.1) is 19.7 Å². The number of fused-ring (bicyclic) bond motifs is 1. The van der Waals surface area contributed by atoms with Gasteiger partial charge in [-0.25, -0.2) is 9.37 Å². The van der Waals surface area contributed by atoms with Crippen LogP contribution in [0.25, 0.3) is 0 Å². The van der Waals surface area contributed by atoms with Gasteiger partial charge in [0.1, 0.15) is 12.5 Å². The van der Waals surface area contributed by atoms with Crippen molar-refractivity contribution in [2.24, 2.45) is 0 Å². The van der Waals surface area contributed by atoms with E-state index in [-0.39, 0.29) is 17.9 Å². The van der Waals surface area contributed by atoms with Gasteiger partial charge < -0.3 is 9.64 Å². The van der Waals surface area contributed by atoms with Gasteiger partial charge in [-0.2, -0.15) is 13.2 Å². The van der Waals surface area contributed by atoms with Crippen LogP contribution in [-0.4, -0.2) is 24.7 Å². The molecule has 5 nitrogen and oxygen atoms in total. The van der Waals surface area contributed by atoms with Gasteiger partial charge in [-0.3, -0.25) is 9.69 Å². The Morgan fingerprint density at radius 3 is 2.34 bits per heavy atom. The molecule has 0 fully saturated rings. The number of carbonyl (C=O) groups excluding carboxylic acids is 1. The number of nitrogens with zero attached hydrogens (tertiary/aromatic N) is 3. The second-order valence-corrected chi connectivity index (χ2v) is 7.48. The highest BCUT2D eigenvalue weighted by atomic mass is 19.4. The highest BCUT2D eigenvalue weighted by Gasteiger charge is 2.36. The average Bonchev–Trinajstić information content (AvgIpc) is 2.73. The Balaban J connectivity index is 1.88. The van der Waals surface area contributed by atoms with Gasteiger partial charge >= 0.3 is 6.18 Å². The minimum atomic E-state index is -4.57. The predicted octanol–water partition coefficient (Wildman–Crippen LogP) is 5.62. The second-order valence-electron chi connectivity index (χ2n) is 7.48. The number of anilines is 3. The van der Waals surface area contributed by atoms with E-state index in [9.17, 15) is 22.4 Å². The van der Waals surface area contributed by atoms with Crippen LogP contribution in [0.15, 0.2) is 48.7 Å². The Hall–Kier alpha value is -3.62. The number of benzene rings is 2. The molecule has 32 heavy (non-hydrogen) atoms. The summed E-state index contributed by atoms with van der Waals surface area (Å²) in [4.78, 5) is 20.4. The number of amides is 1. The fourth-order valence-corrected chi connectivity index (χ4v) is 3.77. The number of aromatic nitrogens is 1. The third-order valence-corrected chi connectivity index (χ3v) is 5.34. The standard InChI is InChI=1S/C23H19F4N3O2/c1-13-8-16(24)5-7-19(13)30-12-29(17-9-14(2)21(32-3)28-11-17)22(31)18-6-4-15(10-20(18)30)23(25,26)27/h4-11H,12H2,1-3H3. The number of carbonyl (C=O) groups is 1. The summed E-state index contributed by atoms with van der Waals surface area (Å²) in [5.74, 6) is -0.522. The minimum Gasteiger partial charge on any atom is -0.481 e. The summed E-state index contributed by atoms with van der Waals surface area (Å²) >= 11 is 0. The van der Waals surface area contributed by atoms with Gasteiger partial charge in [0, 0.05) is 11.3 Å². The Kier molecular flexibility index (Phi) is 5.28. The zero-order valence-corrected chi connectivity index (χ0v) is 17.5. The lowest BCUT2D eigenvalue weighted by Gasteiger charge is -2.39. The van der Waals surface area contributed by atoms with Crippen LogP contribution in [0.4, 0.5) is 34.6 Å². The zero-order valence-electron chi connectivity index (χ0n) is 17.5. The van der Waals surface area contributed by atoms with Gasteiger partial charge in [-0.1, -0.05) is 0 Å². The van der Waals surface area contributed by atoms with E-state index in [0.29, 0.717) is 28.4 Å². The van der Waals surface area contributed by atoms with Crippen molar-refractivity contribution >= 4 is 23.0 Å². The van der Waals surface area contributed by atoms with E-state index in [1.165, 1.54) is 42.5 Å². The third-order valence-electron chi connectivity index (χ3n) is 5.34. The van der Waals surface area contributed by atoms with Crippen molar-refractivity contribution in [2.75, 3.05) is 23.6 Å². The van der Waals surface area contributed by atoms with E-state index < -0.39 is 23.5 Å². The molecule has 0 aliphatic carbocycles. The van der Waals surface area contributed by atoms with E-state index >= 15 is 0 Å². The number of pyridine rings is 1. The maximum atomic E-state index is 13.7. The van der Waals surface area contributed by atoms with Crippen LogP contribution < -0.4 is 14.5 Å². The number of ether oxygens (including phenoxy) is 1. The van der Waals surface area contributed by atoms with Gasteiger partial charge in [-0.05, 0) is 61.9 Å². The van der Waals surface area contributed by atoms with Crippen molar-refractivity contribution in [2.45, 2.75) is 20.0 Å². The lowest BCUT2D eigenvalue weighted by molar-refractivity contribution is -0.137. The summed E-state index contributed by atoms with van der Waals surface area (Å²) in [5.41, 5.74) is 1.50. The van der Waals surface area contributed by atoms with Crippen molar-refractivity contribution in [3.05, 3.63) is 76.7 Å². The number of rotatable bonds is 3. The normalized spacial score (nSPS) is 13.9. The van der Waals surface area contributed by atoms with Crippen LogP contribution in [0.3, 0.4) is 0 Å². The number of hydrogen-bond acceptors (Lipinski definition) is 4. The predicted molar refractivity (Wildman–Crippen MR) is 112 cm³/mol. The van der Waals surface area contributed by atoms with E-state index in [1.807, 2.05) is 0 Å². The molecule has 0 unspecified atom stereocenters. The van der Waals surface area contributed by atoms with Crippen LogP contribution >= 0.6 is 0 Å². The molecule has 2 aromatic carbocycles. The molecule has 166 valence electrons. The molecule has 0 radical (unpaired) electrons. The number of alkyl halides is 3. The molecule has 1 aliphatic heterocycles. The van der Waals surface area contributed by atoms with Crippen molar-refractivity contribution in [3.63, 3.8) is 0 Å². The van der Waals surface area contributed by atoms with E-state index in [1.54, 1.807) is 24.8 Å². The summed E-state index contributed by atoms with van der Waals surface area (Å²) in [6.45, 7) is 3.35. The van der Waals surface area contributed by atoms with E-state index in [0.717, 1.165) is 12.1 Å². The Morgan fingerprint density at radius 1 is 0.969 bits per heavy atom. The van der Waals surface area contributed by atoms with Crippen LogP contribution in [0.5, 0.6) is 5.88 Å². The zero-order chi connectivity index (χ0) is 23.2. The van der Waals surface area contributed by atoms with Crippen molar-refractivity contribution < 1.29 is 27.1 Å². The fourth-order valence-electron chi connectivity index (χ4n) is 3.77. The summed E-state index contributed by atoms with van der Waals surface area (Å²) in [7, 11) is 1.48. The summed E-state index contributed by atoms with van der Waals surface area (Å²) in [5, 5.41) is 0. The molecule has 0 N–H and O–H groups in total. The lowest BCUT2D eigenvalue weighted by Crippen LogP contribution is -2.45. The Morgan fingerprint density at radius 2 is 1.72 bits per heavy atom. The molecule has 9 heteroatoms. The molecule has 0 saturated heterocycles. The van der Waals surface area contributed by atoms with Crippen LogP contribution in [-0.2, 0) is 6.18 Å². The second kappa shape index (κ2) is 7.81. The average molecular weight is 445 g/mol. The SMILES string of the molecule is COc1ncc(N2CN(c3ccc(F)cc3C)c3cc(C(F)(F)F)ccc3C2=O)cc1C. The van der Waals surface area contributed by atoms with Crippen LogP contribution in [0.1, 0.15) is 27.0 Å². The number of aryl methyl sites for hydroxylation is 2. The molecule has 3 aromatic rings. The Bertz CT molecular complexity index is 1210. The topological polar surface area (TPSA) is 45.7 Å². The molecule has 1 amide bonds. The largest absolute Gasteiger partial charge is 0.481 e. The first kappa shape index (κ1) is 21.6. The fraction of sp³-hybridized carbons (Fsp3) is 0.217. The molecule has 4 rings (SSSR count). The quantitative estimate of drug-likeness (QED) is 0.491. The van der Waals surface area contributed by atoms with Crippen molar-refractivity contribution in [1.82, 2.24) is 4.98 Å². The van der Waals surface area contributed by atoms with Crippen molar-refractivity contribution in [3.8, 4) is 5.88 Å². The first-order valence-electron chi connectivity index (χ1n) is 9.67. The molecule has 0 saturated carbocycles. The van der Waals surface area contributed by atoms with Crippen molar-refractivity contribution in [1.29, 1.82) is 0 Å². The van der Waals surface area contributed by atoms with Gasteiger partial charge in [-0.15, -0.1) is 0 Å². The monoisotopic (exact) mass is 445 g/mol. The first-order valence-corrected chi connectivity index (χ1v) is 9.67. The maximum absolute atomic E-state index is 13.7. The van der Waals surface area contributed by atoms with E-state index in [2.05, 4.69) is 4.98 Å². The highest BCUT2D eigenvalue weighted by Crippen LogP contribution is 2.41. The molecule has 0 atom stereocenters. The van der Waals surface area contributed by atoms with Gasteiger partial charge in [0.2, 0.25) is 5.88 Å². The molecule has 0 spiro atoms. The smallest absolute Gasteiger partial charge is 0.416 e. The highest BCUT2D eigenvalue weighted by molar-refractivity contribution is 6.12. The van der Waals surface area contributed by atoms with Crippen LogP contribution in [0.2, 0.25) is 0 Å².